The summed E-state index contributed by atoms with van der Waals surface area (Å²) >= 11 is 1.66. The normalized spacial score (nSPS) is 26.7. The van der Waals surface area contributed by atoms with E-state index in [4.69, 9.17) is 5.73 Å². The molecule has 27 heavy (non-hydrogen) atoms. The summed E-state index contributed by atoms with van der Waals surface area (Å²) in [6, 6.07) is 16.4. The van der Waals surface area contributed by atoms with Gasteiger partial charge in [0.2, 0.25) is 5.91 Å². The molecule has 3 nitrogen and oxygen atoms in total. The lowest BCUT2D eigenvalue weighted by Crippen LogP contribution is -2.40. The maximum atomic E-state index is 12.7. The van der Waals surface area contributed by atoms with Crippen LogP contribution in [0.1, 0.15) is 30.9 Å². The molecular weight excluding hydrogens is 354 g/mol. The van der Waals surface area contributed by atoms with Gasteiger partial charge >= 0.3 is 0 Å². The lowest BCUT2D eigenvalue weighted by molar-refractivity contribution is -0.124. The second-order valence-corrected chi connectivity index (χ2v) is 8.87. The first-order chi connectivity index (χ1) is 12.9. The topological polar surface area (TPSA) is 60.2 Å². The van der Waals surface area contributed by atoms with Crippen LogP contribution in [0.2, 0.25) is 0 Å². The molecular formula is C23H23NO2S. The number of primary amides is 1. The molecule has 0 radical (unpaired) electrons. The van der Waals surface area contributed by atoms with Crippen molar-refractivity contribution < 1.29 is 9.59 Å². The van der Waals surface area contributed by atoms with E-state index in [0.29, 0.717) is 12.8 Å². The first-order valence-corrected chi connectivity index (χ1v) is 10.1. The molecule has 0 aromatic heterocycles. The molecule has 2 aromatic carbocycles. The van der Waals surface area contributed by atoms with Gasteiger partial charge in [-0.2, -0.15) is 0 Å². The fraction of sp³-hybridized carbons (Fsp3) is 0.304. The van der Waals surface area contributed by atoms with Crippen molar-refractivity contribution in [3.05, 3.63) is 71.3 Å². The van der Waals surface area contributed by atoms with Crippen LogP contribution < -0.4 is 5.73 Å². The predicted molar refractivity (Wildman–Crippen MR) is 108 cm³/mol. The van der Waals surface area contributed by atoms with E-state index < -0.39 is 5.41 Å². The summed E-state index contributed by atoms with van der Waals surface area (Å²) in [5, 5.41) is 0. The molecule has 1 saturated carbocycles. The number of aryl methyl sites for hydroxylation is 1. The smallest absolute Gasteiger partial charge is 0.228 e. The standard InChI is InChI=1S/C23H23NO2S/c1-14-7-9-17(10-8-14)27-21-6-4-3-5-19(21)23(22(24)26)12-16-11-20(25)15(2)18(16)13-23/h3-11,15,18H,12-13H2,1-2H3,(H2,24,26)/t15-,18-,23-/m0/s1. The van der Waals surface area contributed by atoms with Crippen LogP contribution in [-0.2, 0) is 15.0 Å². The van der Waals surface area contributed by atoms with Crippen LogP contribution in [0, 0.1) is 18.8 Å². The number of rotatable bonds is 4. The highest BCUT2D eigenvalue weighted by Gasteiger charge is 2.52. The summed E-state index contributed by atoms with van der Waals surface area (Å²) in [7, 11) is 0. The summed E-state index contributed by atoms with van der Waals surface area (Å²) in [6.07, 6.45) is 2.91. The van der Waals surface area contributed by atoms with Crippen LogP contribution in [0.3, 0.4) is 0 Å². The first kappa shape index (κ1) is 18.1. The van der Waals surface area contributed by atoms with Gasteiger partial charge in [0.1, 0.15) is 0 Å². The van der Waals surface area contributed by atoms with E-state index in [1.165, 1.54) is 5.56 Å². The fourth-order valence-corrected chi connectivity index (χ4v) is 5.48. The highest BCUT2D eigenvalue weighted by Crippen LogP contribution is 2.54. The molecule has 0 heterocycles. The third-order valence-electron chi connectivity index (χ3n) is 6.05. The van der Waals surface area contributed by atoms with Crippen LogP contribution in [0.15, 0.2) is 70.0 Å². The van der Waals surface area contributed by atoms with Gasteiger partial charge < -0.3 is 5.73 Å². The Morgan fingerprint density at radius 2 is 1.85 bits per heavy atom. The molecule has 0 aliphatic heterocycles. The zero-order valence-corrected chi connectivity index (χ0v) is 16.4. The number of benzene rings is 2. The maximum absolute atomic E-state index is 12.7. The van der Waals surface area contributed by atoms with Gasteiger partial charge in [-0.25, -0.2) is 0 Å². The van der Waals surface area contributed by atoms with Crippen molar-refractivity contribution in [2.45, 2.75) is 41.9 Å². The van der Waals surface area contributed by atoms with Crippen molar-refractivity contribution >= 4 is 23.5 Å². The quantitative estimate of drug-likeness (QED) is 0.858. The number of fused-ring (bicyclic) bond motifs is 1. The minimum absolute atomic E-state index is 0.0573. The van der Waals surface area contributed by atoms with Gasteiger partial charge in [-0.3, -0.25) is 9.59 Å². The molecule has 2 aromatic rings. The van der Waals surface area contributed by atoms with E-state index in [1.54, 1.807) is 17.8 Å². The Labute approximate surface area is 164 Å². The molecule has 2 N–H and O–H groups in total. The lowest BCUT2D eigenvalue weighted by Gasteiger charge is -2.29. The van der Waals surface area contributed by atoms with Gasteiger partial charge in [0.05, 0.1) is 5.41 Å². The van der Waals surface area contributed by atoms with E-state index in [-0.39, 0.29) is 23.5 Å². The largest absolute Gasteiger partial charge is 0.369 e. The Bertz CT molecular complexity index is 947. The molecule has 0 saturated heterocycles. The van der Waals surface area contributed by atoms with Crippen molar-refractivity contribution in [1.82, 2.24) is 0 Å². The van der Waals surface area contributed by atoms with Crippen molar-refractivity contribution in [3.8, 4) is 0 Å². The predicted octanol–water partition coefficient (Wildman–Crippen LogP) is 4.42. The number of hydrogen-bond acceptors (Lipinski definition) is 3. The molecule has 4 heteroatoms. The third kappa shape index (κ3) is 3.02. The molecule has 0 spiro atoms. The van der Waals surface area contributed by atoms with E-state index in [9.17, 15) is 9.59 Å². The third-order valence-corrected chi connectivity index (χ3v) is 7.14. The summed E-state index contributed by atoms with van der Waals surface area (Å²) in [6.45, 7) is 4.03. The Morgan fingerprint density at radius 3 is 2.52 bits per heavy atom. The lowest BCUT2D eigenvalue weighted by atomic mass is 9.76. The molecule has 138 valence electrons. The van der Waals surface area contributed by atoms with Crippen LogP contribution in [0.4, 0.5) is 0 Å². The molecule has 2 aliphatic carbocycles. The maximum Gasteiger partial charge on any atom is 0.228 e. The Hall–Kier alpha value is -2.33. The molecule has 1 fully saturated rings. The van der Waals surface area contributed by atoms with E-state index in [2.05, 4.69) is 37.3 Å². The number of hydrogen-bond donors (Lipinski definition) is 1. The van der Waals surface area contributed by atoms with Crippen LogP contribution >= 0.6 is 11.8 Å². The second-order valence-electron chi connectivity index (χ2n) is 7.76. The minimum Gasteiger partial charge on any atom is -0.369 e. The van der Waals surface area contributed by atoms with Crippen molar-refractivity contribution in [2.24, 2.45) is 17.6 Å². The van der Waals surface area contributed by atoms with Crippen LogP contribution in [-0.4, -0.2) is 11.7 Å². The van der Waals surface area contributed by atoms with Gasteiger partial charge in [-0.15, -0.1) is 0 Å². The highest BCUT2D eigenvalue weighted by molar-refractivity contribution is 7.99. The summed E-state index contributed by atoms with van der Waals surface area (Å²) < 4.78 is 0. The Balaban J connectivity index is 1.75. The SMILES string of the molecule is Cc1ccc(Sc2ccccc2[C@]2(C(N)=O)CC3=CC(=O)[C@@H](C)[C@@H]3C2)cc1. The van der Waals surface area contributed by atoms with Gasteiger partial charge in [-0.1, -0.05) is 60.2 Å². The summed E-state index contributed by atoms with van der Waals surface area (Å²) in [5.41, 5.74) is 8.52. The monoisotopic (exact) mass is 377 g/mol. The Kier molecular flexibility index (Phi) is 4.47. The molecule has 2 aliphatic rings. The van der Waals surface area contributed by atoms with Crippen LogP contribution in [0.25, 0.3) is 0 Å². The van der Waals surface area contributed by atoms with E-state index >= 15 is 0 Å². The number of allylic oxidation sites excluding steroid dienone is 2. The van der Waals surface area contributed by atoms with E-state index in [0.717, 1.165) is 20.9 Å². The Morgan fingerprint density at radius 1 is 1.15 bits per heavy atom. The minimum atomic E-state index is -0.736. The van der Waals surface area contributed by atoms with Crippen molar-refractivity contribution in [1.29, 1.82) is 0 Å². The molecule has 1 amide bonds. The first-order valence-electron chi connectivity index (χ1n) is 9.29. The van der Waals surface area contributed by atoms with Crippen LogP contribution in [0.5, 0.6) is 0 Å². The number of amides is 1. The van der Waals surface area contributed by atoms with Gasteiger partial charge in [0.25, 0.3) is 0 Å². The zero-order valence-electron chi connectivity index (χ0n) is 15.6. The zero-order chi connectivity index (χ0) is 19.2. The number of carbonyl (C=O) groups excluding carboxylic acids is 2. The van der Waals surface area contributed by atoms with E-state index in [1.807, 2.05) is 25.1 Å². The van der Waals surface area contributed by atoms with Gasteiger partial charge in [-0.05, 0) is 55.5 Å². The molecule has 4 rings (SSSR count). The summed E-state index contributed by atoms with van der Waals surface area (Å²) in [4.78, 5) is 26.9. The molecule has 0 bridgehead atoms. The van der Waals surface area contributed by atoms with Crippen molar-refractivity contribution in [2.75, 3.05) is 0 Å². The number of ketones is 1. The van der Waals surface area contributed by atoms with Crippen molar-refractivity contribution in [3.63, 3.8) is 0 Å². The average Bonchev–Trinajstić information content (AvgIpc) is 3.14. The molecule has 3 atom stereocenters. The number of nitrogens with two attached hydrogens (primary N) is 1. The van der Waals surface area contributed by atoms with Gasteiger partial charge in [0, 0.05) is 15.7 Å². The fourth-order valence-electron chi connectivity index (χ4n) is 4.44. The number of carbonyl (C=O) groups is 2. The highest BCUT2D eigenvalue weighted by atomic mass is 32.2. The summed E-state index contributed by atoms with van der Waals surface area (Å²) in [5.74, 6) is -0.0506. The molecule has 0 unspecified atom stereocenters. The second kappa shape index (κ2) is 6.68. The van der Waals surface area contributed by atoms with Gasteiger partial charge in [0.15, 0.2) is 5.78 Å². The average molecular weight is 378 g/mol.